The molecule has 0 spiro atoms. The first-order chi connectivity index (χ1) is 13.2. The lowest BCUT2D eigenvalue weighted by Crippen LogP contribution is -2.05. The number of ether oxygens (including phenoxy) is 3. The number of benzene rings is 3. The first-order valence-corrected chi connectivity index (χ1v) is 8.67. The van der Waals surface area contributed by atoms with Gasteiger partial charge in [0.05, 0.1) is 5.02 Å². The molecule has 0 fully saturated rings. The van der Waals surface area contributed by atoms with Gasteiger partial charge in [-0.2, -0.15) is 0 Å². The molecule has 27 heavy (non-hydrogen) atoms. The molecule has 2 aliphatic heterocycles. The van der Waals surface area contributed by atoms with E-state index in [1.54, 1.807) is 18.2 Å². The number of cyclic esters (lactones) is 1. The van der Waals surface area contributed by atoms with E-state index in [9.17, 15) is 4.79 Å². The summed E-state index contributed by atoms with van der Waals surface area (Å²) in [4.78, 5) is 16.7. The molecular weight excluding hydrogens is 366 g/mol. The SMILES string of the molecule is O=C1OC(c2cccc3ccccc23)=N/C1=C\c1cc2c(cc1Cl)OCO2. The van der Waals surface area contributed by atoms with Crippen molar-refractivity contribution >= 4 is 40.3 Å². The fraction of sp³-hybridized carbons (Fsp3) is 0.0476. The molecule has 132 valence electrons. The maximum absolute atomic E-state index is 12.3. The van der Waals surface area contributed by atoms with Gasteiger partial charge in [0.25, 0.3) is 0 Å². The van der Waals surface area contributed by atoms with E-state index in [0.29, 0.717) is 22.1 Å². The molecule has 5 rings (SSSR count). The van der Waals surface area contributed by atoms with Gasteiger partial charge in [-0.05, 0) is 34.5 Å². The van der Waals surface area contributed by atoms with Gasteiger partial charge in [0, 0.05) is 11.6 Å². The van der Waals surface area contributed by atoms with E-state index in [0.717, 1.165) is 16.3 Å². The molecule has 0 radical (unpaired) electrons. The van der Waals surface area contributed by atoms with Crippen molar-refractivity contribution in [2.24, 2.45) is 4.99 Å². The predicted molar refractivity (Wildman–Crippen MR) is 102 cm³/mol. The Labute approximate surface area is 159 Å². The molecule has 0 aliphatic carbocycles. The van der Waals surface area contributed by atoms with Crippen molar-refractivity contribution in [3.05, 3.63) is 76.4 Å². The third kappa shape index (κ3) is 2.73. The second kappa shape index (κ2) is 6.14. The summed E-state index contributed by atoms with van der Waals surface area (Å²) in [5, 5.41) is 2.45. The Bertz CT molecular complexity index is 1160. The number of hydrogen-bond acceptors (Lipinski definition) is 5. The molecule has 0 N–H and O–H groups in total. The molecular formula is C21H12ClNO4. The number of nitrogens with zero attached hydrogens (tertiary/aromatic N) is 1. The van der Waals surface area contributed by atoms with Crippen LogP contribution in [0.3, 0.4) is 0 Å². The third-order valence-electron chi connectivity index (χ3n) is 4.42. The van der Waals surface area contributed by atoms with Crippen LogP contribution < -0.4 is 9.47 Å². The smallest absolute Gasteiger partial charge is 0.363 e. The number of rotatable bonds is 2. The van der Waals surface area contributed by atoms with Crippen molar-refractivity contribution in [1.82, 2.24) is 0 Å². The van der Waals surface area contributed by atoms with E-state index in [2.05, 4.69) is 4.99 Å². The second-order valence-corrected chi connectivity index (χ2v) is 6.50. The van der Waals surface area contributed by atoms with Crippen LogP contribution in [0.4, 0.5) is 0 Å². The van der Waals surface area contributed by atoms with Crippen LogP contribution in [0.1, 0.15) is 11.1 Å². The van der Waals surface area contributed by atoms with Crippen LogP contribution >= 0.6 is 11.6 Å². The number of halogens is 1. The molecule has 0 unspecified atom stereocenters. The predicted octanol–water partition coefficient (Wildman–Crippen LogP) is 4.57. The first-order valence-electron chi connectivity index (χ1n) is 8.29. The van der Waals surface area contributed by atoms with Crippen molar-refractivity contribution in [2.75, 3.05) is 6.79 Å². The van der Waals surface area contributed by atoms with Crippen LogP contribution in [0, 0.1) is 0 Å². The average Bonchev–Trinajstić information content (AvgIpc) is 3.28. The van der Waals surface area contributed by atoms with Gasteiger partial charge in [-0.3, -0.25) is 0 Å². The van der Waals surface area contributed by atoms with Crippen LogP contribution in [0.2, 0.25) is 5.02 Å². The lowest BCUT2D eigenvalue weighted by Gasteiger charge is -2.04. The quantitative estimate of drug-likeness (QED) is 0.485. The molecule has 3 aromatic rings. The third-order valence-corrected chi connectivity index (χ3v) is 4.75. The second-order valence-electron chi connectivity index (χ2n) is 6.09. The topological polar surface area (TPSA) is 57.1 Å². The summed E-state index contributed by atoms with van der Waals surface area (Å²) >= 11 is 6.28. The summed E-state index contributed by atoms with van der Waals surface area (Å²) in [7, 11) is 0. The highest BCUT2D eigenvalue weighted by Gasteiger charge is 2.26. The Morgan fingerprint density at radius 2 is 1.78 bits per heavy atom. The number of aliphatic imine (C=N–C) groups is 1. The van der Waals surface area contributed by atoms with Gasteiger partial charge in [0.15, 0.2) is 17.2 Å². The Morgan fingerprint density at radius 1 is 1.00 bits per heavy atom. The van der Waals surface area contributed by atoms with E-state index >= 15 is 0 Å². The zero-order valence-corrected chi connectivity index (χ0v) is 14.7. The van der Waals surface area contributed by atoms with Crippen LogP contribution in [0.15, 0.2) is 65.3 Å². The van der Waals surface area contributed by atoms with Gasteiger partial charge in [-0.25, -0.2) is 9.79 Å². The number of esters is 1. The van der Waals surface area contributed by atoms with Crippen LogP contribution in [-0.2, 0) is 9.53 Å². The molecule has 0 amide bonds. The molecule has 3 aromatic carbocycles. The molecule has 0 saturated heterocycles. The summed E-state index contributed by atoms with van der Waals surface area (Å²) in [6, 6.07) is 17.0. The fourth-order valence-electron chi connectivity index (χ4n) is 3.13. The minimum Gasteiger partial charge on any atom is -0.454 e. The van der Waals surface area contributed by atoms with Gasteiger partial charge in [-0.15, -0.1) is 0 Å². The number of carbonyl (C=O) groups excluding carboxylic acids is 1. The summed E-state index contributed by atoms with van der Waals surface area (Å²) in [6.45, 7) is 0.150. The molecule has 6 heteroatoms. The normalized spacial score (nSPS) is 16.7. The summed E-state index contributed by atoms with van der Waals surface area (Å²) in [5.41, 5.74) is 1.55. The van der Waals surface area contributed by atoms with Crippen LogP contribution in [-0.4, -0.2) is 18.7 Å². The monoisotopic (exact) mass is 377 g/mol. The molecule has 0 bridgehead atoms. The molecule has 2 aliphatic rings. The highest BCUT2D eigenvalue weighted by Crippen LogP contribution is 2.38. The highest BCUT2D eigenvalue weighted by atomic mass is 35.5. The number of fused-ring (bicyclic) bond motifs is 2. The Hall–Kier alpha value is -3.31. The van der Waals surface area contributed by atoms with Crippen LogP contribution in [0.5, 0.6) is 11.5 Å². The molecule has 0 aromatic heterocycles. The Morgan fingerprint density at radius 3 is 2.67 bits per heavy atom. The zero-order valence-electron chi connectivity index (χ0n) is 13.9. The van der Waals surface area contributed by atoms with Gasteiger partial charge in [-0.1, -0.05) is 48.0 Å². The van der Waals surface area contributed by atoms with Gasteiger partial charge in [0.2, 0.25) is 12.7 Å². The summed E-state index contributed by atoms with van der Waals surface area (Å²) < 4.78 is 16.1. The van der Waals surface area contributed by atoms with E-state index in [4.69, 9.17) is 25.8 Å². The lowest BCUT2D eigenvalue weighted by atomic mass is 10.0. The molecule has 2 heterocycles. The summed E-state index contributed by atoms with van der Waals surface area (Å²) in [5.74, 6) is 0.915. The van der Waals surface area contributed by atoms with Crippen molar-refractivity contribution in [3.8, 4) is 11.5 Å². The van der Waals surface area contributed by atoms with Crippen LogP contribution in [0.25, 0.3) is 16.8 Å². The first kappa shape index (κ1) is 15.9. The lowest BCUT2D eigenvalue weighted by molar-refractivity contribution is -0.129. The standard InChI is InChI=1S/C21H12ClNO4/c22-16-10-19-18(25-11-26-19)9-13(16)8-17-21(24)27-20(23-17)15-7-3-5-12-4-1-2-6-14(12)15/h1-10H,11H2/b17-8-. The van der Waals surface area contributed by atoms with Crippen molar-refractivity contribution < 1.29 is 19.0 Å². The van der Waals surface area contributed by atoms with E-state index in [1.165, 1.54) is 0 Å². The summed E-state index contributed by atoms with van der Waals surface area (Å²) in [6.07, 6.45) is 1.59. The average molecular weight is 378 g/mol. The minimum absolute atomic E-state index is 0.150. The largest absolute Gasteiger partial charge is 0.454 e. The van der Waals surface area contributed by atoms with Gasteiger partial charge in [0.1, 0.15) is 0 Å². The van der Waals surface area contributed by atoms with Gasteiger partial charge >= 0.3 is 5.97 Å². The maximum atomic E-state index is 12.3. The Balaban J connectivity index is 1.58. The maximum Gasteiger partial charge on any atom is 0.363 e. The highest BCUT2D eigenvalue weighted by molar-refractivity contribution is 6.32. The van der Waals surface area contributed by atoms with Gasteiger partial charge < -0.3 is 14.2 Å². The van der Waals surface area contributed by atoms with E-state index < -0.39 is 5.97 Å². The van der Waals surface area contributed by atoms with Crippen molar-refractivity contribution in [3.63, 3.8) is 0 Å². The fourth-order valence-corrected chi connectivity index (χ4v) is 3.34. The number of carbonyl (C=O) groups is 1. The zero-order chi connectivity index (χ0) is 18.4. The molecule has 5 nitrogen and oxygen atoms in total. The molecule has 0 saturated carbocycles. The van der Waals surface area contributed by atoms with Crippen molar-refractivity contribution in [2.45, 2.75) is 0 Å². The van der Waals surface area contributed by atoms with E-state index in [1.807, 2.05) is 42.5 Å². The van der Waals surface area contributed by atoms with Crippen molar-refractivity contribution in [1.29, 1.82) is 0 Å². The Kier molecular flexibility index (Phi) is 3.62. The minimum atomic E-state index is -0.522. The molecule has 0 atom stereocenters. The van der Waals surface area contributed by atoms with E-state index in [-0.39, 0.29) is 18.4 Å². The number of hydrogen-bond donors (Lipinski definition) is 0.